The topological polar surface area (TPSA) is 49.8 Å². The Morgan fingerprint density at radius 1 is 1.47 bits per heavy atom. The van der Waals surface area contributed by atoms with E-state index in [4.69, 9.17) is 9.84 Å². The van der Waals surface area contributed by atoms with Crippen molar-refractivity contribution in [3.63, 3.8) is 0 Å². The van der Waals surface area contributed by atoms with Gasteiger partial charge in [-0.3, -0.25) is 4.79 Å². The highest BCUT2D eigenvalue weighted by atomic mass is 16.5. The van der Waals surface area contributed by atoms with Gasteiger partial charge in [0.05, 0.1) is 0 Å². The summed E-state index contributed by atoms with van der Waals surface area (Å²) in [6, 6.07) is 0. The molecule has 4 nitrogen and oxygen atoms in total. The standard InChI is InChI=1S/C13H19NO3/c1-17-11-3-9-14-8-2-4-12(7-10-14)5-6-13(15)16/h2,4,7-8,10H,3,5-6,9,11H2,1H3,(H,15,16). The maximum absolute atomic E-state index is 10.5. The second-order valence-corrected chi connectivity index (χ2v) is 3.88. The zero-order valence-corrected chi connectivity index (χ0v) is 10.1. The van der Waals surface area contributed by atoms with E-state index in [-0.39, 0.29) is 6.42 Å². The van der Waals surface area contributed by atoms with E-state index in [9.17, 15) is 4.79 Å². The highest BCUT2D eigenvalue weighted by Gasteiger charge is 2.02. The molecule has 0 saturated carbocycles. The Bertz CT molecular complexity index is 332. The first-order valence-corrected chi connectivity index (χ1v) is 5.74. The normalized spacial score (nSPS) is 14.6. The molecule has 1 heterocycles. The first kappa shape index (κ1) is 13.5. The van der Waals surface area contributed by atoms with E-state index >= 15 is 0 Å². The summed E-state index contributed by atoms with van der Waals surface area (Å²) in [7, 11) is 1.69. The molecule has 0 aromatic heterocycles. The van der Waals surface area contributed by atoms with Gasteiger partial charge in [-0.05, 0) is 30.6 Å². The predicted octanol–water partition coefficient (Wildman–Crippen LogP) is 2.16. The summed E-state index contributed by atoms with van der Waals surface area (Å²) >= 11 is 0. The van der Waals surface area contributed by atoms with Crippen LogP contribution in [0.5, 0.6) is 0 Å². The molecule has 94 valence electrons. The summed E-state index contributed by atoms with van der Waals surface area (Å²) in [5.74, 6) is -0.760. The first-order chi connectivity index (χ1) is 8.22. The van der Waals surface area contributed by atoms with Crippen molar-refractivity contribution in [2.45, 2.75) is 19.3 Å². The fourth-order valence-corrected chi connectivity index (χ4v) is 1.53. The minimum Gasteiger partial charge on any atom is -0.481 e. The Kier molecular flexibility index (Phi) is 6.10. The van der Waals surface area contributed by atoms with Crippen molar-refractivity contribution in [2.24, 2.45) is 0 Å². The number of rotatable bonds is 7. The number of nitrogens with zero attached hydrogens (tertiary/aromatic N) is 1. The molecule has 0 radical (unpaired) electrons. The number of carboxylic acid groups (broad SMARTS) is 1. The van der Waals surface area contributed by atoms with Crippen molar-refractivity contribution in [2.75, 3.05) is 20.3 Å². The zero-order chi connectivity index (χ0) is 12.5. The Morgan fingerprint density at radius 2 is 2.29 bits per heavy atom. The highest BCUT2D eigenvalue weighted by Crippen LogP contribution is 2.11. The van der Waals surface area contributed by atoms with Crippen LogP contribution in [0, 0.1) is 0 Å². The molecule has 0 amide bonds. The van der Waals surface area contributed by atoms with E-state index in [0.717, 1.165) is 25.1 Å². The third kappa shape index (κ3) is 5.92. The lowest BCUT2D eigenvalue weighted by atomic mass is 10.1. The van der Waals surface area contributed by atoms with E-state index in [2.05, 4.69) is 4.90 Å². The highest BCUT2D eigenvalue weighted by molar-refractivity contribution is 5.67. The van der Waals surface area contributed by atoms with Crippen LogP contribution in [-0.4, -0.2) is 36.2 Å². The molecule has 0 atom stereocenters. The number of carboxylic acids is 1. The number of hydrogen-bond donors (Lipinski definition) is 1. The van der Waals surface area contributed by atoms with Gasteiger partial charge in [-0.25, -0.2) is 0 Å². The second-order valence-electron chi connectivity index (χ2n) is 3.88. The van der Waals surface area contributed by atoms with Gasteiger partial charge in [-0.15, -0.1) is 0 Å². The van der Waals surface area contributed by atoms with Crippen molar-refractivity contribution in [3.05, 3.63) is 36.2 Å². The number of aliphatic carboxylic acids is 1. The molecule has 0 aromatic carbocycles. The van der Waals surface area contributed by atoms with Crippen LogP contribution in [-0.2, 0) is 9.53 Å². The molecule has 0 bridgehead atoms. The zero-order valence-electron chi connectivity index (χ0n) is 10.1. The molecule has 1 N–H and O–H groups in total. The summed E-state index contributed by atoms with van der Waals surface area (Å²) in [6.45, 7) is 1.65. The summed E-state index contributed by atoms with van der Waals surface area (Å²) in [5.41, 5.74) is 1.04. The van der Waals surface area contributed by atoms with Crippen LogP contribution in [0.25, 0.3) is 0 Å². The monoisotopic (exact) mass is 237 g/mol. The summed E-state index contributed by atoms with van der Waals surface area (Å²) < 4.78 is 5.00. The van der Waals surface area contributed by atoms with Crippen LogP contribution >= 0.6 is 0 Å². The van der Waals surface area contributed by atoms with Crippen molar-refractivity contribution in [3.8, 4) is 0 Å². The van der Waals surface area contributed by atoms with E-state index < -0.39 is 5.97 Å². The van der Waals surface area contributed by atoms with Crippen LogP contribution in [0.3, 0.4) is 0 Å². The largest absolute Gasteiger partial charge is 0.481 e. The van der Waals surface area contributed by atoms with Gasteiger partial charge < -0.3 is 14.7 Å². The minimum atomic E-state index is -0.760. The molecule has 4 heteroatoms. The predicted molar refractivity (Wildman–Crippen MR) is 66.4 cm³/mol. The lowest BCUT2D eigenvalue weighted by Gasteiger charge is -2.13. The second kappa shape index (κ2) is 7.68. The number of allylic oxidation sites excluding steroid dienone is 4. The first-order valence-electron chi connectivity index (χ1n) is 5.74. The molecule has 1 rings (SSSR count). The fraction of sp³-hybridized carbons (Fsp3) is 0.462. The molecule has 17 heavy (non-hydrogen) atoms. The summed E-state index contributed by atoms with van der Waals surface area (Å²) in [5, 5.41) is 8.62. The average molecular weight is 237 g/mol. The van der Waals surface area contributed by atoms with E-state index in [1.807, 2.05) is 30.6 Å². The van der Waals surface area contributed by atoms with Gasteiger partial charge in [0.1, 0.15) is 0 Å². The van der Waals surface area contributed by atoms with Gasteiger partial charge in [0, 0.05) is 39.1 Å². The van der Waals surface area contributed by atoms with Gasteiger partial charge in [0.25, 0.3) is 0 Å². The van der Waals surface area contributed by atoms with Gasteiger partial charge in [-0.2, -0.15) is 0 Å². The molecule has 0 fully saturated rings. The van der Waals surface area contributed by atoms with E-state index in [1.54, 1.807) is 7.11 Å². The lowest BCUT2D eigenvalue weighted by Crippen LogP contribution is -2.12. The fourth-order valence-electron chi connectivity index (χ4n) is 1.53. The van der Waals surface area contributed by atoms with Crippen molar-refractivity contribution in [1.82, 2.24) is 4.90 Å². The molecule has 0 unspecified atom stereocenters. The van der Waals surface area contributed by atoms with Gasteiger partial charge >= 0.3 is 5.97 Å². The Hall–Kier alpha value is -1.55. The molecular weight excluding hydrogens is 218 g/mol. The van der Waals surface area contributed by atoms with Crippen molar-refractivity contribution in [1.29, 1.82) is 0 Å². The van der Waals surface area contributed by atoms with E-state index in [0.29, 0.717) is 6.42 Å². The van der Waals surface area contributed by atoms with Crippen molar-refractivity contribution < 1.29 is 14.6 Å². The number of carbonyl (C=O) groups is 1. The molecular formula is C13H19NO3. The van der Waals surface area contributed by atoms with Gasteiger partial charge in [-0.1, -0.05) is 6.08 Å². The molecule has 0 aromatic rings. The Labute approximate surface area is 102 Å². The van der Waals surface area contributed by atoms with Crippen LogP contribution in [0.1, 0.15) is 19.3 Å². The Morgan fingerprint density at radius 3 is 3.00 bits per heavy atom. The summed E-state index contributed by atoms with van der Waals surface area (Å²) in [4.78, 5) is 12.5. The number of ether oxygens (including phenoxy) is 1. The minimum absolute atomic E-state index is 0.174. The number of hydrogen-bond acceptors (Lipinski definition) is 3. The maximum Gasteiger partial charge on any atom is 0.303 e. The lowest BCUT2D eigenvalue weighted by molar-refractivity contribution is -0.136. The molecule has 0 aliphatic carbocycles. The quantitative estimate of drug-likeness (QED) is 0.689. The summed E-state index contributed by atoms with van der Waals surface area (Å²) in [6.07, 6.45) is 11.5. The molecule has 0 saturated heterocycles. The Balaban J connectivity index is 2.38. The van der Waals surface area contributed by atoms with Crippen LogP contribution < -0.4 is 0 Å². The van der Waals surface area contributed by atoms with Gasteiger partial charge in [0.15, 0.2) is 0 Å². The average Bonchev–Trinajstić information content (AvgIpc) is 2.52. The number of methoxy groups -OCH3 is 1. The van der Waals surface area contributed by atoms with Gasteiger partial charge in [0.2, 0.25) is 0 Å². The molecule has 1 aliphatic heterocycles. The smallest absolute Gasteiger partial charge is 0.303 e. The SMILES string of the molecule is COCCCN1C=CC=C(CCC(=O)O)C=C1. The van der Waals surface area contributed by atoms with Crippen molar-refractivity contribution >= 4 is 5.97 Å². The van der Waals surface area contributed by atoms with E-state index in [1.165, 1.54) is 0 Å². The third-order valence-corrected chi connectivity index (χ3v) is 2.46. The van der Waals surface area contributed by atoms with Crippen LogP contribution in [0.15, 0.2) is 36.2 Å². The van der Waals surface area contributed by atoms with Crippen LogP contribution in [0.2, 0.25) is 0 Å². The molecule has 1 aliphatic rings. The third-order valence-electron chi connectivity index (χ3n) is 2.46. The molecule has 0 spiro atoms. The maximum atomic E-state index is 10.5. The van der Waals surface area contributed by atoms with Crippen LogP contribution in [0.4, 0.5) is 0 Å².